The lowest BCUT2D eigenvalue weighted by Crippen LogP contribution is -1.89. The summed E-state index contributed by atoms with van der Waals surface area (Å²) in [5.74, 6) is 0.0492. The first-order valence-electron chi connectivity index (χ1n) is 4.42. The molecule has 0 fully saturated rings. The highest BCUT2D eigenvalue weighted by Gasteiger charge is 2.12. The second kappa shape index (κ2) is 3.86. The number of carbonyl (C=O) groups is 1. The monoisotopic (exact) mass is 219 g/mol. The molecule has 5 heteroatoms. The lowest BCUT2D eigenvalue weighted by Gasteiger charge is -1.91. The van der Waals surface area contributed by atoms with Crippen molar-refractivity contribution in [1.82, 2.24) is 15.0 Å². The molecular weight excluding hydrogens is 210 g/mol. The minimum Gasteiger partial charge on any atom is -0.294 e. The fourth-order valence-corrected chi connectivity index (χ4v) is 2.19. The number of nitrogens with zero attached hydrogens (tertiary/aromatic N) is 3. The van der Waals surface area contributed by atoms with Crippen molar-refractivity contribution < 1.29 is 4.79 Å². The van der Waals surface area contributed by atoms with E-state index < -0.39 is 0 Å². The normalized spacial score (nSPS) is 10.3. The largest absolute Gasteiger partial charge is 0.294 e. The number of ketones is 1. The highest BCUT2D eigenvalue weighted by atomic mass is 32.1. The summed E-state index contributed by atoms with van der Waals surface area (Å²) in [6, 6.07) is 0. The van der Waals surface area contributed by atoms with Crippen molar-refractivity contribution in [3.63, 3.8) is 0 Å². The maximum Gasteiger partial charge on any atom is 0.171 e. The Hall–Kier alpha value is -1.62. The predicted octanol–water partition coefficient (Wildman–Crippen LogP) is 2.11. The van der Waals surface area contributed by atoms with Gasteiger partial charge in [0.05, 0.1) is 10.6 Å². The fourth-order valence-electron chi connectivity index (χ4n) is 1.26. The van der Waals surface area contributed by atoms with Crippen molar-refractivity contribution in [2.75, 3.05) is 0 Å². The van der Waals surface area contributed by atoms with Crippen LogP contribution in [-0.4, -0.2) is 20.7 Å². The summed E-state index contributed by atoms with van der Waals surface area (Å²) in [6.07, 6.45) is 4.85. The second-order valence-electron chi connectivity index (χ2n) is 3.12. The number of hydrogen-bond donors (Lipinski definition) is 0. The molecule has 0 N–H and O–H groups in total. The zero-order valence-electron chi connectivity index (χ0n) is 8.39. The van der Waals surface area contributed by atoms with Gasteiger partial charge >= 0.3 is 0 Å². The highest BCUT2D eigenvalue weighted by molar-refractivity contribution is 7.17. The van der Waals surface area contributed by atoms with Crippen LogP contribution in [0.25, 0.3) is 10.6 Å². The molecule has 2 aromatic rings. The smallest absolute Gasteiger partial charge is 0.171 e. The number of aryl methyl sites for hydroxylation is 1. The third kappa shape index (κ3) is 1.92. The SMILES string of the molecule is CC(=O)c1sc(-c2cncnc2)nc1C. The number of hydrogen-bond acceptors (Lipinski definition) is 5. The molecular formula is C10H9N3OS. The Labute approximate surface area is 91.0 Å². The molecule has 0 bridgehead atoms. The lowest BCUT2D eigenvalue weighted by molar-refractivity contribution is 0.102. The number of thiazole rings is 1. The number of carbonyl (C=O) groups excluding carboxylic acids is 1. The van der Waals surface area contributed by atoms with Crippen LogP contribution in [0.4, 0.5) is 0 Å². The van der Waals surface area contributed by atoms with Gasteiger partial charge in [0.15, 0.2) is 5.78 Å². The van der Waals surface area contributed by atoms with Crippen LogP contribution >= 0.6 is 11.3 Å². The maximum absolute atomic E-state index is 11.3. The number of rotatable bonds is 2. The van der Waals surface area contributed by atoms with Crippen molar-refractivity contribution in [2.45, 2.75) is 13.8 Å². The highest BCUT2D eigenvalue weighted by Crippen LogP contribution is 2.26. The molecule has 76 valence electrons. The molecule has 0 aliphatic rings. The molecule has 2 rings (SSSR count). The van der Waals surface area contributed by atoms with E-state index in [1.807, 2.05) is 6.92 Å². The van der Waals surface area contributed by atoms with Gasteiger partial charge in [0.25, 0.3) is 0 Å². The number of Topliss-reactive ketones (excluding diaryl/α,β-unsaturated/α-hetero) is 1. The Kier molecular flexibility index (Phi) is 2.55. The first-order chi connectivity index (χ1) is 7.18. The quantitative estimate of drug-likeness (QED) is 0.726. The van der Waals surface area contributed by atoms with Crippen LogP contribution in [0.5, 0.6) is 0 Å². The Morgan fingerprint density at radius 2 is 2.00 bits per heavy atom. The standard InChI is InChI=1S/C10H9N3OS/c1-6-9(7(2)14)15-10(13-6)8-3-11-5-12-4-8/h3-5H,1-2H3. The van der Waals surface area contributed by atoms with Gasteiger partial charge in [-0.2, -0.15) is 0 Å². The van der Waals surface area contributed by atoms with Gasteiger partial charge in [0.2, 0.25) is 0 Å². The summed E-state index contributed by atoms with van der Waals surface area (Å²) in [6.45, 7) is 3.38. The van der Waals surface area contributed by atoms with E-state index in [-0.39, 0.29) is 5.78 Å². The summed E-state index contributed by atoms with van der Waals surface area (Å²) < 4.78 is 0. The van der Waals surface area contributed by atoms with E-state index in [1.165, 1.54) is 17.7 Å². The van der Waals surface area contributed by atoms with Crippen molar-refractivity contribution in [3.05, 3.63) is 29.3 Å². The summed E-state index contributed by atoms with van der Waals surface area (Å²) in [4.78, 5) is 24.1. The van der Waals surface area contributed by atoms with Gasteiger partial charge in [0, 0.05) is 24.9 Å². The van der Waals surface area contributed by atoms with Gasteiger partial charge in [0.1, 0.15) is 11.3 Å². The van der Waals surface area contributed by atoms with Gasteiger partial charge in [-0.05, 0) is 6.92 Å². The average Bonchev–Trinajstić information content (AvgIpc) is 2.62. The molecule has 2 aromatic heterocycles. The molecule has 0 aliphatic heterocycles. The maximum atomic E-state index is 11.3. The predicted molar refractivity (Wildman–Crippen MR) is 57.9 cm³/mol. The Morgan fingerprint density at radius 3 is 2.53 bits per heavy atom. The Bertz CT molecular complexity index is 493. The van der Waals surface area contributed by atoms with Crippen LogP contribution < -0.4 is 0 Å². The third-order valence-corrected chi connectivity index (χ3v) is 3.23. The molecule has 0 aromatic carbocycles. The third-order valence-electron chi connectivity index (χ3n) is 1.92. The van der Waals surface area contributed by atoms with E-state index in [9.17, 15) is 4.79 Å². The van der Waals surface area contributed by atoms with Crippen LogP contribution in [0.3, 0.4) is 0 Å². The Morgan fingerprint density at radius 1 is 1.33 bits per heavy atom. The molecule has 0 aliphatic carbocycles. The molecule has 0 amide bonds. The molecule has 0 unspecified atom stereocenters. The molecule has 2 heterocycles. The molecule has 0 atom stereocenters. The molecule has 0 spiro atoms. The van der Waals surface area contributed by atoms with Crippen LogP contribution in [0, 0.1) is 6.92 Å². The van der Waals surface area contributed by atoms with E-state index in [0.717, 1.165) is 16.3 Å². The fraction of sp³-hybridized carbons (Fsp3) is 0.200. The van der Waals surface area contributed by atoms with E-state index in [2.05, 4.69) is 15.0 Å². The van der Waals surface area contributed by atoms with Crippen molar-refractivity contribution in [3.8, 4) is 10.6 Å². The van der Waals surface area contributed by atoms with Crippen molar-refractivity contribution in [2.24, 2.45) is 0 Å². The summed E-state index contributed by atoms with van der Waals surface area (Å²) in [7, 11) is 0. The van der Waals surface area contributed by atoms with Crippen LogP contribution in [0.1, 0.15) is 22.3 Å². The summed E-state index contributed by atoms with van der Waals surface area (Å²) >= 11 is 1.38. The zero-order valence-corrected chi connectivity index (χ0v) is 9.21. The van der Waals surface area contributed by atoms with E-state index in [0.29, 0.717) is 4.88 Å². The summed E-state index contributed by atoms with van der Waals surface area (Å²) in [5.41, 5.74) is 1.62. The van der Waals surface area contributed by atoms with Crippen LogP contribution in [0.2, 0.25) is 0 Å². The van der Waals surface area contributed by atoms with Crippen LogP contribution in [-0.2, 0) is 0 Å². The summed E-state index contributed by atoms with van der Waals surface area (Å²) in [5, 5.41) is 0.790. The van der Waals surface area contributed by atoms with Crippen molar-refractivity contribution in [1.29, 1.82) is 0 Å². The topological polar surface area (TPSA) is 55.7 Å². The number of aromatic nitrogens is 3. The van der Waals surface area contributed by atoms with Gasteiger partial charge < -0.3 is 0 Å². The van der Waals surface area contributed by atoms with Gasteiger partial charge in [-0.15, -0.1) is 11.3 Å². The molecule has 0 radical (unpaired) electrons. The van der Waals surface area contributed by atoms with Crippen LogP contribution in [0.15, 0.2) is 18.7 Å². The van der Waals surface area contributed by atoms with Gasteiger partial charge in [-0.25, -0.2) is 15.0 Å². The zero-order chi connectivity index (χ0) is 10.8. The molecule has 0 saturated heterocycles. The van der Waals surface area contributed by atoms with Crippen molar-refractivity contribution >= 4 is 17.1 Å². The van der Waals surface area contributed by atoms with Gasteiger partial charge in [-0.3, -0.25) is 4.79 Å². The second-order valence-corrected chi connectivity index (χ2v) is 4.12. The van der Waals surface area contributed by atoms with Gasteiger partial charge in [-0.1, -0.05) is 0 Å². The molecule has 15 heavy (non-hydrogen) atoms. The first kappa shape index (κ1) is 9.92. The minimum absolute atomic E-state index is 0.0492. The van der Waals surface area contributed by atoms with E-state index >= 15 is 0 Å². The van der Waals surface area contributed by atoms with E-state index in [1.54, 1.807) is 19.3 Å². The molecule has 0 saturated carbocycles. The average molecular weight is 219 g/mol. The molecule has 4 nitrogen and oxygen atoms in total. The minimum atomic E-state index is 0.0492. The lowest BCUT2D eigenvalue weighted by atomic mass is 10.3. The van der Waals surface area contributed by atoms with E-state index in [4.69, 9.17) is 0 Å². The Balaban J connectivity index is 2.48. The first-order valence-corrected chi connectivity index (χ1v) is 5.24.